The molecule has 0 unspecified atom stereocenters. The quantitative estimate of drug-likeness (QED) is 0.630. The van der Waals surface area contributed by atoms with Crippen LogP contribution in [0.4, 0.5) is 13.2 Å². The van der Waals surface area contributed by atoms with E-state index in [9.17, 15) is 21.6 Å². The van der Waals surface area contributed by atoms with Gasteiger partial charge in [0, 0.05) is 5.56 Å². The molecule has 0 saturated heterocycles. The van der Waals surface area contributed by atoms with Gasteiger partial charge in [-0.2, -0.15) is 21.6 Å². The summed E-state index contributed by atoms with van der Waals surface area (Å²) < 4.78 is 62.8. The van der Waals surface area contributed by atoms with E-state index in [0.717, 1.165) is 0 Å². The maximum Gasteiger partial charge on any atom is 0.534 e. The van der Waals surface area contributed by atoms with Gasteiger partial charge in [0.25, 0.3) is 0 Å². The number of hydrogen-bond donors (Lipinski definition) is 0. The second-order valence-electron chi connectivity index (χ2n) is 4.12. The molecule has 0 heterocycles. The van der Waals surface area contributed by atoms with E-state index >= 15 is 0 Å². The number of rotatable bonds is 3. The number of alkyl halides is 3. The molecule has 102 valence electrons. The van der Waals surface area contributed by atoms with Crippen LogP contribution in [0, 0.1) is 6.92 Å². The lowest BCUT2D eigenvalue weighted by molar-refractivity contribution is -0.0500. The highest BCUT2D eigenvalue weighted by Crippen LogP contribution is 2.33. The third-order valence-electron chi connectivity index (χ3n) is 2.34. The summed E-state index contributed by atoms with van der Waals surface area (Å²) in [6.45, 7) is 5.17. The van der Waals surface area contributed by atoms with Gasteiger partial charge in [-0.3, -0.25) is 0 Å². The Hall–Kier alpha value is -1.24. The first-order valence-corrected chi connectivity index (χ1v) is 6.57. The second-order valence-corrected chi connectivity index (χ2v) is 5.66. The molecule has 0 saturated carbocycles. The van der Waals surface area contributed by atoms with Crippen molar-refractivity contribution in [1.82, 2.24) is 0 Å². The molecule has 1 rings (SSSR count). The van der Waals surface area contributed by atoms with Crippen molar-refractivity contribution >= 4 is 10.1 Å². The summed E-state index contributed by atoms with van der Waals surface area (Å²) in [6, 6.07) is 4.34. The fraction of sp³-hybridized carbons (Fsp3) is 0.455. The van der Waals surface area contributed by atoms with Gasteiger partial charge >= 0.3 is 15.6 Å². The van der Waals surface area contributed by atoms with Crippen molar-refractivity contribution in [2.24, 2.45) is 0 Å². The summed E-state index contributed by atoms with van der Waals surface area (Å²) in [4.78, 5) is 0. The van der Waals surface area contributed by atoms with Gasteiger partial charge in [-0.05, 0) is 24.5 Å². The number of benzene rings is 1. The molecule has 0 bridgehead atoms. The molecule has 0 aliphatic rings. The second kappa shape index (κ2) is 4.79. The summed E-state index contributed by atoms with van der Waals surface area (Å²) in [5, 5.41) is 0. The molecule has 0 radical (unpaired) electrons. The summed E-state index contributed by atoms with van der Waals surface area (Å²) in [5.41, 5.74) is -4.30. The summed E-state index contributed by atoms with van der Waals surface area (Å²) in [6.07, 6.45) is 0. The maximum atomic E-state index is 12.2. The lowest BCUT2D eigenvalue weighted by Crippen LogP contribution is -2.28. The van der Waals surface area contributed by atoms with Crippen molar-refractivity contribution in [3.8, 4) is 5.75 Å². The molecule has 0 atom stereocenters. The van der Waals surface area contributed by atoms with Crippen LogP contribution in [0.1, 0.15) is 30.9 Å². The molecule has 0 aliphatic carbocycles. The van der Waals surface area contributed by atoms with Gasteiger partial charge in [0.05, 0.1) is 0 Å². The maximum absolute atomic E-state index is 12.2. The Morgan fingerprint density at radius 1 is 1.22 bits per heavy atom. The lowest BCUT2D eigenvalue weighted by atomic mass is 9.97. The van der Waals surface area contributed by atoms with Crippen LogP contribution in [-0.2, 0) is 10.1 Å². The van der Waals surface area contributed by atoms with Crippen LogP contribution in [-0.4, -0.2) is 13.9 Å². The van der Waals surface area contributed by atoms with E-state index in [1.807, 2.05) is 0 Å². The summed E-state index contributed by atoms with van der Waals surface area (Å²) >= 11 is 0. The van der Waals surface area contributed by atoms with Crippen molar-refractivity contribution < 1.29 is 25.8 Å². The van der Waals surface area contributed by atoms with Crippen LogP contribution < -0.4 is 4.18 Å². The molecule has 0 spiro atoms. The first kappa shape index (κ1) is 14.8. The van der Waals surface area contributed by atoms with E-state index in [4.69, 9.17) is 0 Å². The topological polar surface area (TPSA) is 43.4 Å². The average molecular weight is 282 g/mol. The van der Waals surface area contributed by atoms with E-state index in [0.29, 0.717) is 11.1 Å². The molecule has 0 aromatic heterocycles. The van der Waals surface area contributed by atoms with Crippen LogP contribution in [0.5, 0.6) is 5.75 Å². The van der Waals surface area contributed by atoms with Gasteiger partial charge in [0.15, 0.2) is 0 Å². The van der Waals surface area contributed by atoms with E-state index in [1.165, 1.54) is 12.1 Å². The van der Waals surface area contributed by atoms with E-state index in [1.54, 1.807) is 26.8 Å². The van der Waals surface area contributed by atoms with Crippen molar-refractivity contribution in [2.75, 3.05) is 0 Å². The molecule has 0 fully saturated rings. The minimum atomic E-state index is -5.62. The van der Waals surface area contributed by atoms with Gasteiger partial charge in [0.1, 0.15) is 5.75 Å². The van der Waals surface area contributed by atoms with Crippen molar-refractivity contribution in [1.29, 1.82) is 0 Å². The molecule has 1 aromatic carbocycles. The van der Waals surface area contributed by atoms with E-state index < -0.39 is 15.6 Å². The van der Waals surface area contributed by atoms with Crippen molar-refractivity contribution in [3.05, 3.63) is 29.3 Å². The minimum absolute atomic E-state index is 0.148. The summed E-state index contributed by atoms with van der Waals surface area (Å²) in [5.74, 6) is -0.424. The van der Waals surface area contributed by atoms with Crippen LogP contribution in [0.3, 0.4) is 0 Å². The fourth-order valence-electron chi connectivity index (χ4n) is 1.63. The number of halogens is 3. The zero-order valence-electron chi connectivity index (χ0n) is 10.1. The van der Waals surface area contributed by atoms with Crippen LogP contribution in [0.25, 0.3) is 0 Å². The van der Waals surface area contributed by atoms with E-state index in [2.05, 4.69) is 4.18 Å². The zero-order chi connectivity index (χ0) is 14.1. The first-order chi connectivity index (χ1) is 8.06. The third kappa shape index (κ3) is 2.95. The highest BCUT2D eigenvalue weighted by atomic mass is 32.2. The Bertz CT molecular complexity index is 533. The van der Waals surface area contributed by atoms with Gasteiger partial charge < -0.3 is 4.18 Å². The highest BCUT2D eigenvalue weighted by molar-refractivity contribution is 7.88. The minimum Gasteiger partial charge on any atom is -0.376 e. The standard InChI is InChI=1S/C11H13F3O3S/c1-7(2)10-8(3)5-4-6-9(10)17-18(15,16)11(12,13)14/h4-7H,1-3H3. The zero-order valence-corrected chi connectivity index (χ0v) is 10.9. The monoisotopic (exact) mass is 282 g/mol. The van der Waals surface area contributed by atoms with Gasteiger partial charge in [-0.15, -0.1) is 0 Å². The Balaban J connectivity index is 3.26. The lowest BCUT2D eigenvalue weighted by Gasteiger charge is -2.16. The third-order valence-corrected chi connectivity index (χ3v) is 3.31. The van der Waals surface area contributed by atoms with Gasteiger partial charge in [-0.25, -0.2) is 0 Å². The van der Waals surface area contributed by atoms with E-state index in [-0.39, 0.29) is 11.7 Å². The van der Waals surface area contributed by atoms with Gasteiger partial charge in [-0.1, -0.05) is 26.0 Å². The SMILES string of the molecule is Cc1cccc(OS(=O)(=O)C(F)(F)F)c1C(C)C. The van der Waals surface area contributed by atoms with Gasteiger partial charge in [0.2, 0.25) is 0 Å². The predicted octanol–water partition coefficient (Wildman–Crippen LogP) is 3.35. The molecule has 0 aliphatic heterocycles. The molecular formula is C11H13F3O3S. The number of aryl methyl sites for hydroxylation is 1. The molecular weight excluding hydrogens is 269 g/mol. The largest absolute Gasteiger partial charge is 0.534 e. The van der Waals surface area contributed by atoms with Crippen LogP contribution in [0.15, 0.2) is 18.2 Å². The number of hydrogen-bond acceptors (Lipinski definition) is 3. The molecule has 0 amide bonds. The first-order valence-electron chi connectivity index (χ1n) is 5.16. The Kier molecular flexibility index (Phi) is 3.95. The Morgan fingerprint density at radius 2 is 1.78 bits per heavy atom. The average Bonchev–Trinajstić information content (AvgIpc) is 2.14. The van der Waals surface area contributed by atoms with Crippen LogP contribution >= 0.6 is 0 Å². The smallest absolute Gasteiger partial charge is 0.376 e. The predicted molar refractivity (Wildman–Crippen MR) is 60.9 cm³/mol. The van der Waals surface area contributed by atoms with Crippen molar-refractivity contribution in [2.45, 2.75) is 32.2 Å². The van der Waals surface area contributed by atoms with Crippen LogP contribution in [0.2, 0.25) is 0 Å². The molecule has 1 aromatic rings. The molecule has 7 heteroatoms. The summed E-state index contributed by atoms with van der Waals surface area (Å²) in [7, 11) is -5.62. The Labute approximate surface area is 104 Å². The highest BCUT2D eigenvalue weighted by Gasteiger charge is 2.48. The normalized spacial score (nSPS) is 12.8. The fourth-order valence-corrected chi connectivity index (χ4v) is 2.11. The molecule has 3 nitrogen and oxygen atoms in total. The Morgan fingerprint density at radius 3 is 2.22 bits per heavy atom. The molecule has 18 heavy (non-hydrogen) atoms. The molecule has 0 N–H and O–H groups in total. The van der Waals surface area contributed by atoms with Crippen molar-refractivity contribution in [3.63, 3.8) is 0 Å².